The number of nitrogens with zero attached hydrogens (tertiary/aromatic N) is 4. The summed E-state index contributed by atoms with van der Waals surface area (Å²) in [6.45, 7) is 5.02. The maximum absolute atomic E-state index is 12.5. The molecule has 0 bridgehead atoms. The van der Waals surface area contributed by atoms with Gasteiger partial charge in [-0.2, -0.15) is 5.26 Å². The van der Waals surface area contributed by atoms with Gasteiger partial charge in [0.2, 0.25) is 5.91 Å². The highest BCUT2D eigenvalue weighted by Crippen LogP contribution is 2.30. The molecule has 1 aliphatic rings. The van der Waals surface area contributed by atoms with Gasteiger partial charge in [-0.25, -0.2) is 0 Å². The summed E-state index contributed by atoms with van der Waals surface area (Å²) in [6, 6.07) is 10.00. The fourth-order valence-electron chi connectivity index (χ4n) is 3.56. The average Bonchev–Trinajstić information content (AvgIpc) is 3.34. The number of hydrogen-bond donors (Lipinski definition) is 1. The van der Waals surface area contributed by atoms with Crippen molar-refractivity contribution >= 4 is 17.7 Å². The van der Waals surface area contributed by atoms with Crippen molar-refractivity contribution in [3.05, 3.63) is 24.3 Å². The number of ether oxygens (including phenoxy) is 1. The molecule has 0 atom stereocenters. The normalized spacial score (nSPS) is 15.3. The smallest absolute Gasteiger partial charge is 0.231 e. The second-order valence-electron chi connectivity index (χ2n) is 7.78. The topological polar surface area (TPSA) is 92.8 Å². The fraction of sp³-hybridized carbons (Fsp3) is 0.524. The van der Waals surface area contributed by atoms with Gasteiger partial charge in [-0.3, -0.25) is 4.79 Å². The first-order valence-electron chi connectivity index (χ1n) is 9.89. The molecule has 0 spiro atoms. The molecule has 1 aromatic carbocycles. The standard InChI is InChI=1S/C21H27N5O2S/c1-15(2)12-26-19(16-6-8-17(28-3)9-7-16)24-25-20(26)29-13-18(27)23-21(14-22)10-4-5-11-21/h6-9,15H,4-5,10-13H2,1-3H3,(H,23,27). The minimum atomic E-state index is -0.697. The van der Waals surface area contributed by atoms with Gasteiger partial charge >= 0.3 is 0 Å². The van der Waals surface area contributed by atoms with Gasteiger partial charge in [0.15, 0.2) is 11.0 Å². The Balaban J connectivity index is 1.74. The van der Waals surface area contributed by atoms with Crippen molar-refractivity contribution in [2.75, 3.05) is 12.9 Å². The van der Waals surface area contributed by atoms with Crippen molar-refractivity contribution < 1.29 is 9.53 Å². The molecule has 1 aliphatic carbocycles. The maximum Gasteiger partial charge on any atom is 0.231 e. The van der Waals surface area contributed by atoms with Crippen molar-refractivity contribution in [2.24, 2.45) is 5.92 Å². The molecule has 7 nitrogen and oxygen atoms in total. The van der Waals surface area contributed by atoms with Crippen LogP contribution < -0.4 is 10.1 Å². The van der Waals surface area contributed by atoms with E-state index in [2.05, 4.69) is 40.0 Å². The number of carbonyl (C=O) groups is 1. The number of carbonyl (C=O) groups excluding carboxylic acids is 1. The lowest BCUT2D eigenvalue weighted by atomic mass is 10.0. The number of nitriles is 1. The maximum atomic E-state index is 12.5. The first-order chi connectivity index (χ1) is 14.0. The zero-order valence-electron chi connectivity index (χ0n) is 17.1. The number of hydrogen-bond acceptors (Lipinski definition) is 6. The summed E-state index contributed by atoms with van der Waals surface area (Å²) >= 11 is 1.36. The second-order valence-corrected chi connectivity index (χ2v) is 8.72. The van der Waals surface area contributed by atoms with E-state index in [0.29, 0.717) is 11.1 Å². The van der Waals surface area contributed by atoms with Crippen LogP contribution in [0.25, 0.3) is 11.4 Å². The minimum absolute atomic E-state index is 0.136. The lowest BCUT2D eigenvalue weighted by molar-refractivity contribution is -0.119. The van der Waals surface area contributed by atoms with Crippen LogP contribution in [-0.2, 0) is 11.3 Å². The van der Waals surface area contributed by atoms with Crippen LogP contribution in [-0.4, -0.2) is 39.1 Å². The minimum Gasteiger partial charge on any atom is -0.497 e. The Hall–Kier alpha value is -2.53. The van der Waals surface area contributed by atoms with Crippen LogP contribution in [0, 0.1) is 17.2 Å². The molecule has 3 rings (SSSR count). The van der Waals surface area contributed by atoms with Crippen molar-refractivity contribution in [2.45, 2.75) is 56.8 Å². The lowest BCUT2D eigenvalue weighted by Crippen LogP contribution is -2.45. The number of methoxy groups -OCH3 is 1. The molecule has 29 heavy (non-hydrogen) atoms. The number of rotatable bonds is 8. The van der Waals surface area contributed by atoms with Gasteiger partial charge in [0.05, 0.1) is 18.9 Å². The molecule has 2 aromatic rings. The monoisotopic (exact) mass is 413 g/mol. The molecule has 1 N–H and O–H groups in total. The van der Waals surface area contributed by atoms with Crippen molar-refractivity contribution in [3.63, 3.8) is 0 Å². The van der Waals surface area contributed by atoms with E-state index in [9.17, 15) is 10.1 Å². The molecular weight excluding hydrogens is 386 g/mol. The summed E-state index contributed by atoms with van der Waals surface area (Å²) in [5.41, 5.74) is 0.252. The highest BCUT2D eigenvalue weighted by molar-refractivity contribution is 7.99. The molecule has 0 radical (unpaired) electrons. The first-order valence-corrected chi connectivity index (χ1v) is 10.9. The highest BCUT2D eigenvalue weighted by Gasteiger charge is 2.35. The van der Waals surface area contributed by atoms with Crippen molar-refractivity contribution in [1.82, 2.24) is 20.1 Å². The number of thioether (sulfide) groups is 1. The molecule has 1 heterocycles. The van der Waals surface area contributed by atoms with E-state index in [1.807, 2.05) is 24.3 Å². The van der Waals surface area contributed by atoms with Crippen LogP contribution in [0.15, 0.2) is 29.4 Å². The van der Waals surface area contributed by atoms with E-state index in [0.717, 1.165) is 49.4 Å². The van der Waals surface area contributed by atoms with Gasteiger partial charge in [0.25, 0.3) is 0 Å². The van der Waals surface area contributed by atoms with Crippen LogP contribution >= 0.6 is 11.8 Å². The highest BCUT2D eigenvalue weighted by atomic mass is 32.2. The average molecular weight is 414 g/mol. The molecule has 0 saturated heterocycles. The third-order valence-electron chi connectivity index (χ3n) is 4.99. The van der Waals surface area contributed by atoms with Gasteiger partial charge in [-0.1, -0.05) is 25.6 Å². The molecule has 154 valence electrons. The summed E-state index contributed by atoms with van der Waals surface area (Å²) in [6.07, 6.45) is 3.42. The van der Waals surface area contributed by atoms with Gasteiger partial charge in [-0.05, 0) is 55.9 Å². The predicted molar refractivity (Wildman–Crippen MR) is 113 cm³/mol. The zero-order chi connectivity index (χ0) is 20.9. The van der Waals surface area contributed by atoms with Crippen LogP contribution in [0.5, 0.6) is 5.75 Å². The molecule has 0 aliphatic heterocycles. The number of amides is 1. The van der Waals surface area contributed by atoms with Gasteiger partial charge < -0.3 is 14.6 Å². The molecule has 1 amide bonds. The van der Waals surface area contributed by atoms with Crippen LogP contribution in [0.4, 0.5) is 0 Å². The first kappa shape index (κ1) is 21.2. The quantitative estimate of drug-likeness (QED) is 0.664. The van der Waals surface area contributed by atoms with E-state index in [-0.39, 0.29) is 11.7 Å². The van der Waals surface area contributed by atoms with Crippen molar-refractivity contribution in [1.29, 1.82) is 5.26 Å². The summed E-state index contributed by atoms with van der Waals surface area (Å²) in [7, 11) is 1.64. The Kier molecular flexibility index (Phi) is 6.80. The largest absolute Gasteiger partial charge is 0.497 e. The third-order valence-corrected chi connectivity index (χ3v) is 5.96. The second kappa shape index (κ2) is 9.31. The van der Waals surface area contributed by atoms with E-state index in [1.54, 1.807) is 7.11 Å². The summed E-state index contributed by atoms with van der Waals surface area (Å²) in [5.74, 6) is 2.03. The van der Waals surface area contributed by atoms with Crippen molar-refractivity contribution in [3.8, 4) is 23.2 Å². The molecule has 1 aromatic heterocycles. The van der Waals surface area contributed by atoms with Gasteiger partial charge in [0, 0.05) is 12.1 Å². The van der Waals surface area contributed by atoms with Gasteiger partial charge in [0.1, 0.15) is 11.3 Å². The number of benzene rings is 1. The fourth-order valence-corrected chi connectivity index (χ4v) is 4.30. The lowest BCUT2D eigenvalue weighted by Gasteiger charge is -2.21. The molecular formula is C21H27N5O2S. The SMILES string of the molecule is COc1ccc(-c2nnc(SCC(=O)NC3(C#N)CCCC3)n2CC(C)C)cc1. The third kappa shape index (κ3) is 5.10. The Morgan fingerprint density at radius 2 is 2.00 bits per heavy atom. The number of aromatic nitrogens is 3. The zero-order valence-corrected chi connectivity index (χ0v) is 18.0. The molecule has 1 saturated carbocycles. The predicted octanol–water partition coefficient (Wildman–Crippen LogP) is 3.65. The Bertz CT molecular complexity index is 879. The summed E-state index contributed by atoms with van der Waals surface area (Å²) in [5, 5.41) is 21.8. The Labute approximate surface area is 175 Å². The molecule has 0 unspecified atom stereocenters. The van der Waals surface area contributed by atoms with E-state index >= 15 is 0 Å². The summed E-state index contributed by atoms with van der Waals surface area (Å²) < 4.78 is 7.28. The summed E-state index contributed by atoms with van der Waals surface area (Å²) in [4.78, 5) is 12.5. The Morgan fingerprint density at radius 1 is 1.31 bits per heavy atom. The number of nitrogens with one attached hydrogen (secondary N) is 1. The Morgan fingerprint density at radius 3 is 2.59 bits per heavy atom. The van der Waals surface area contributed by atoms with Crippen LogP contribution in [0.2, 0.25) is 0 Å². The molecule has 1 fully saturated rings. The van der Waals surface area contributed by atoms with E-state index in [4.69, 9.17) is 4.74 Å². The van der Waals surface area contributed by atoms with E-state index in [1.165, 1.54) is 11.8 Å². The van der Waals surface area contributed by atoms with Crippen LogP contribution in [0.3, 0.4) is 0 Å². The molecule has 8 heteroatoms. The van der Waals surface area contributed by atoms with E-state index < -0.39 is 5.54 Å². The van der Waals surface area contributed by atoms with Crippen LogP contribution in [0.1, 0.15) is 39.5 Å². The van der Waals surface area contributed by atoms with Gasteiger partial charge in [-0.15, -0.1) is 10.2 Å².